The van der Waals surface area contributed by atoms with Crippen molar-refractivity contribution < 1.29 is 24.2 Å². The fourth-order valence-electron chi connectivity index (χ4n) is 5.00. The SMILES string of the molecule is CC[C@@H](CO)N1C(=O)[C@@H]2[C@H](C(=O)NC)[C@H]3OC2(CC3Br)C1C(=O)NC(C)C. The molecule has 3 unspecified atom stereocenters. The number of rotatable bonds is 6. The van der Waals surface area contributed by atoms with Gasteiger partial charge in [-0.2, -0.15) is 0 Å². The van der Waals surface area contributed by atoms with Gasteiger partial charge >= 0.3 is 0 Å². The highest BCUT2D eigenvalue weighted by Crippen LogP contribution is 2.60. The van der Waals surface area contributed by atoms with Gasteiger partial charge < -0.3 is 25.4 Å². The van der Waals surface area contributed by atoms with Gasteiger partial charge in [-0.05, 0) is 26.7 Å². The van der Waals surface area contributed by atoms with Gasteiger partial charge in [-0.15, -0.1) is 0 Å². The number of hydrogen-bond donors (Lipinski definition) is 3. The van der Waals surface area contributed by atoms with Crippen LogP contribution in [0.4, 0.5) is 0 Å². The normalized spacial score (nSPS) is 38.3. The molecule has 0 saturated carbocycles. The van der Waals surface area contributed by atoms with Crippen molar-refractivity contribution >= 4 is 33.7 Å². The van der Waals surface area contributed by atoms with Gasteiger partial charge in [-0.3, -0.25) is 14.4 Å². The van der Waals surface area contributed by atoms with Crippen LogP contribution in [-0.2, 0) is 19.1 Å². The minimum Gasteiger partial charge on any atom is -0.394 e. The topological polar surface area (TPSA) is 108 Å². The second-order valence-corrected chi connectivity index (χ2v) is 9.11. The molecule has 3 aliphatic heterocycles. The minimum atomic E-state index is -1.06. The number of ether oxygens (including phenoxy) is 1. The number of nitrogens with one attached hydrogen (secondary N) is 2. The van der Waals surface area contributed by atoms with Gasteiger partial charge in [0.15, 0.2) is 0 Å². The molecule has 2 bridgehead atoms. The largest absolute Gasteiger partial charge is 0.394 e. The zero-order valence-corrected chi connectivity index (χ0v) is 17.7. The standard InChI is InChI=1S/C18H28BrN3O5/c1-5-9(7-23)22-14(16(25)21-8(2)3)18-6-10(19)13(27-18)11(15(24)20-4)12(18)17(22)26/h8-14,23H,5-7H2,1-4H3,(H,20,24)(H,21,25)/t9-,10?,11-,12-,13-,14?,18?/m0/s1. The third-order valence-corrected chi connectivity index (χ3v) is 6.88. The molecule has 7 atom stereocenters. The molecule has 3 heterocycles. The summed E-state index contributed by atoms with van der Waals surface area (Å²) in [6.07, 6.45) is 0.517. The van der Waals surface area contributed by atoms with E-state index in [1.54, 1.807) is 0 Å². The summed E-state index contributed by atoms with van der Waals surface area (Å²) in [5, 5.41) is 15.4. The van der Waals surface area contributed by atoms with E-state index < -0.39 is 35.6 Å². The first-order chi connectivity index (χ1) is 12.7. The first-order valence-corrected chi connectivity index (χ1v) is 10.4. The third kappa shape index (κ3) is 2.89. The summed E-state index contributed by atoms with van der Waals surface area (Å²) in [5.74, 6) is -2.22. The lowest BCUT2D eigenvalue weighted by Gasteiger charge is -2.37. The van der Waals surface area contributed by atoms with Crippen molar-refractivity contribution in [1.29, 1.82) is 0 Å². The van der Waals surface area contributed by atoms with E-state index in [1.165, 1.54) is 11.9 Å². The quantitative estimate of drug-likeness (QED) is 0.489. The lowest BCUT2D eigenvalue weighted by Crippen LogP contribution is -2.59. The number of hydrogen-bond acceptors (Lipinski definition) is 5. The molecule has 3 rings (SSSR count). The van der Waals surface area contributed by atoms with E-state index in [0.29, 0.717) is 12.8 Å². The molecule has 0 aromatic heterocycles. The van der Waals surface area contributed by atoms with Crippen molar-refractivity contribution in [2.45, 2.75) is 68.3 Å². The molecule has 3 saturated heterocycles. The van der Waals surface area contributed by atoms with Gasteiger partial charge in [0.05, 0.1) is 30.6 Å². The Morgan fingerprint density at radius 2 is 2.07 bits per heavy atom. The Bertz CT molecular complexity index is 640. The van der Waals surface area contributed by atoms with E-state index in [4.69, 9.17) is 4.74 Å². The molecular weight excluding hydrogens is 418 g/mol. The van der Waals surface area contributed by atoms with Crippen molar-refractivity contribution in [2.75, 3.05) is 13.7 Å². The summed E-state index contributed by atoms with van der Waals surface area (Å²) in [6.45, 7) is 5.32. The number of likely N-dealkylation sites (tertiary alicyclic amines) is 1. The Kier molecular flexibility index (Phi) is 5.58. The Hall–Kier alpha value is -1.19. The molecule has 1 spiro atoms. The monoisotopic (exact) mass is 445 g/mol. The number of alkyl halides is 1. The van der Waals surface area contributed by atoms with Crippen LogP contribution in [0.3, 0.4) is 0 Å². The van der Waals surface area contributed by atoms with Gasteiger partial charge in [-0.1, -0.05) is 22.9 Å². The highest BCUT2D eigenvalue weighted by atomic mass is 79.9. The summed E-state index contributed by atoms with van der Waals surface area (Å²) in [4.78, 5) is 40.5. The Labute approximate surface area is 167 Å². The summed E-state index contributed by atoms with van der Waals surface area (Å²) in [5.41, 5.74) is -1.06. The maximum Gasteiger partial charge on any atom is 0.246 e. The molecule has 152 valence electrons. The number of halogens is 1. The van der Waals surface area contributed by atoms with Crippen LogP contribution < -0.4 is 10.6 Å². The van der Waals surface area contributed by atoms with Crippen LogP contribution in [0, 0.1) is 11.8 Å². The van der Waals surface area contributed by atoms with Crippen LogP contribution in [-0.4, -0.2) is 76.0 Å². The maximum absolute atomic E-state index is 13.4. The van der Waals surface area contributed by atoms with Gasteiger partial charge in [-0.25, -0.2) is 0 Å². The van der Waals surface area contributed by atoms with Gasteiger partial charge in [0, 0.05) is 17.9 Å². The molecule has 9 heteroatoms. The van der Waals surface area contributed by atoms with E-state index in [9.17, 15) is 19.5 Å². The first-order valence-electron chi connectivity index (χ1n) is 9.50. The lowest BCUT2D eigenvalue weighted by molar-refractivity contribution is -0.145. The average Bonchev–Trinajstić information content (AvgIpc) is 3.19. The Balaban J connectivity index is 2.09. The van der Waals surface area contributed by atoms with Crippen molar-refractivity contribution in [3.8, 4) is 0 Å². The van der Waals surface area contributed by atoms with Crippen LogP contribution in [0.25, 0.3) is 0 Å². The number of aliphatic hydroxyl groups excluding tert-OH is 1. The third-order valence-electron chi connectivity index (χ3n) is 6.03. The fraction of sp³-hybridized carbons (Fsp3) is 0.833. The van der Waals surface area contributed by atoms with Gasteiger partial charge in [0.2, 0.25) is 17.7 Å². The van der Waals surface area contributed by atoms with Crippen molar-refractivity contribution in [1.82, 2.24) is 15.5 Å². The van der Waals surface area contributed by atoms with Crippen LogP contribution in [0.1, 0.15) is 33.6 Å². The highest BCUT2D eigenvalue weighted by molar-refractivity contribution is 9.09. The number of carbonyl (C=O) groups excluding carboxylic acids is 3. The van der Waals surface area contributed by atoms with Crippen molar-refractivity contribution in [3.63, 3.8) is 0 Å². The van der Waals surface area contributed by atoms with Crippen molar-refractivity contribution in [3.05, 3.63) is 0 Å². The van der Waals surface area contributed by atoms with E-state index in [2.05, 4.69) is 26.6 Å². The average molecular weight is 446 g/mol. The van der Waals surface area contributed by atoms with Crippen LogP contribution >= 0.6 is 15.9 Å². The molecular formula is C18H28BrN3O5. The molecule has 3 fully saturated rings. The number of amides is 3. The summed E-state index contributed by atoms with van der Waals surface area (Å²) in [6, 6.07) is -1.47. The summed E-state index contributed by atoms with van der Waals surface area (Å²) >= 11 is 3.59. The molecule has 0 radical (unpaired) electrons. The predicted molar refractivity (Wildman–Crippen MR) is 101 cm³/mol. The van der Waals surface area contributed by atoms with E-state index in [-0.39, 0.29) is 35.2 Å². The molecule has 3 aliphatic rings. The van der Waals surface area contributed by atoms with Crippen LogP contribution in [0.15, 0.2) is 0 Å². The van der Waals surface area contributed by atoms with E-state index >= 15 is 0 Å². The lowest BCUT2D eigenvalue weighted by atomic mass is 9.70. The number of fused-ring (bicyclic) bond motifs is 1. The van der Waals surface area contributed by atoms with Gasteiger partial charge in [0.1, 0.15) is 11.6 Å². The molecule has 3 N–H and O–H groups in total. The number of nitrogens with zero attached hydrogens (tertiary/aromatic N) is 1. The zero-order chi connectivity index (χ0) is 20.1. The molecule has 0 aliphatic carbocycles. The Morgan fingerprint density at radius 3 is 2.59 bits per heavy atom. The zero-order valence-electron chi connectivity index (χ0n) is 16.1. The fourth-order valence-corrected chi connectivity index (χ4v) is 5.95. The highest BCUT2D eigenvalue weighted by Gasteiger charge is 2.76. The van der Waals surface area contributed by atoms with Crippen LogP contribution in [0.5, 0.6) is 0 Å². The predicted octanol–water partition coefficient (Wildman–Crippen LogP) is -0.224. The molecule has 0 aromatic rings. The molecule has 8 nitrogen and oxygen atoms in total. The van der Waals surface area contributed by atoms with E-state index in [0.717, 1.165) is 0 Å². The second-order valence-electron chi connectivity index (χ2n) is 7.93. The number of aliphatic hydroxyl groups is 1. The molecule has 27 heavy (non-hydrogen) atoms. The van der Waals surface area contributed by atoms with E-state index in [1.807, 2.05) is 20.8 Å². The first kappa shape index (κ1) is 20.5. The van der Waals surface area contributed by atoms with Crippen LogP contribution in [0.2, 0.25) is 0 Å². The minimum absolute atomic E-state index is 0.104. The Morgan fingerprint density at radius 1 is 1.41 bits per heavy atom. The second kappa shape index (κ2) is 7.33. The maximum atomic E-state index is 13.4. The summed E-state index contributed by atoms with van der Waals surface area (Å²) in [7, 11) is 1.53. The van der Waals surface area contributed by atoms with Gasteiger partial charge in [0.25, 0.3) is 0 Å². The summed E-state index contributed by atoms with van der Waals surface area (Å²) < 4.78 is 6.27. The smallest absolute Gasteiger partial charge is 0.246 e. The van der Waals surface area contributed by atoms with Crippen molar-refractivity contribution in [2.24, 2.45) is 11.8 Å². The number of carbonyl (C=O) groups is 3. The molecule has 0 aromatic carbocycles. The molecule has 3 amide bonds.